The molecule has 0 unspecified atom stereocenters. The van der Waals surface area contributed by atoms with Gasteiger partial charge in [-0.05, 0) is 43.4 Å². The van der Waals surface area contributed by atoms with Crippen molar-refractivity contribution < 1.29 is 18.1 Å². The van der Waals surface area contributed by atoms with E-state index in [-0.39, 0.29) is 10.8 Å². The lowest BCUT2D eigenvalue weighted by Gasteiger charge is -2.22. The van der Waals surface area contributed by atoms with Crippen LogP contribution in [0.1, 0.15) is 24.8 Å². The molecule has 1 saturated heterocycles. The fourth-order valence-corrected chi connectivity index (χ4v) is 3.23. The molecule has 6 nitrogen and oxygen atoms in total. The van der Waals surface area contributed by atoms with E-state index < -0.39 is 10.0 Å². The number of amides is 1. The summed E-state index contributed by atoms with van der Waals surface area (Å²) in [5.41, 5.74) is 0.970. The summed E-state index contributed by atoms with van der Waals surface area (Å²) in [7, 11) is -3.64. The van der Waals surface area contributed by atoms with Crippen molar-refractivity contribution in [1.29, 1.82) is 0 Å². The third-order valence-electron chi connectivity index (χ3n) is 3.96. The van der Waals surface area contributed by atoms with Crippen LogP contribution in [-0.4, -0.2) is 40.5 Å². The predicted molar refractivity (Wildman–Crippen MR) is 83.9 cm³/mol. The Kier molecular flexibility index (Phi) is 5.93. The van der Waals surface area contributed by atoms with Gasteiger partial charge in [-0.1, -0.05) is 12.1 Å². The number of carbonyl (C=O) groups is 1. The van der Waals surface area contributed by atoms with Crippen LogP contribution in [0.4, 0.5) is 0 Å². The Hall–Kier alpha value is -1.44. The quantitative estimate of drug-likeness (QED) is 0.630. The Morgan fingerprint density at radius 3 is 2.36 bits per heavy atom. The zero-order valence-electron chi connectivity index (χ0n) is 12.7. The second-order valence-electron chi connectivity index (χ2n) is 5.78. The molecule has 0 bridgehead atoms. The summed E-state index contributed by atoms with van der Waals surface area (Å²) in [5, 5.41) is 7.97. The summed E-state index contributed by atoms with van der Waals surface area (Å²) in [4.78, 5) is 13.3. The van der Waals surface area contributed by atoms with Crippen LogP contribution in [-0.2, 0) is 21.2 Å². The van der Waals surface area contributed by atoms with Gasteiger partial charge in [0.05, 0.1) is 18.0 Å². The molecular weight excluding hydrogens is 302 g/mol. The zero-order valence-corrected chi connectivity index (χ0v) is 13.5. The molecule has 4 N–H and O–H groups in total. The maximum atomic E-state index is 11.9. The first-order chi connectivity index (χ1) is 10.4. The van der Waals surface area contributed by atoms with Gasteiger partial charge in [0.25, 0.3) is 5.91 Å². The van der Waals surface area contributed by atoms with Crippen molar-refractivity contribution >= 4 is 15.9 Å². The van der Waals surface area contributed by atoms with Crippen LogP contribution in [0.2, 0.25) is 0 Å². The highest BCUT2D eigenvalue weighted by Crippen LogP contribution is 2.08. The summed E-state index contributed by atoms with van der Waals surface area (Å²) < 4.78 is 22.3. The molecule has 1 fully saturated rings. The van der Waals surface area contributed by atoms with E-state index in [1.807, 2.05) is 0 Å². The second kappa shape index (κ2) is 7.71. The van der Waals surface area contributed by atoms with Crippen LogP contribution in [0.25, 0.3) is 0 Å². The lowest BCUT2D eigenvalue weighted by molar-refractivity contribution is -0.896. The molecule has 0 aliphatic carbocycles. The molecule has 1 amide bonds. The van der Waals surface area contributed by atoms with Crippen molar-refractivity contribution in [2.24, 2.45) is 5.14 Å². The first-order valence-electron chi connectivity index (χ1n) is 7.67. The molecule has 122 valence electrons. The topological polar surface area (TPSA) is 93.7 Å². The molecule has 1 aromatic carbocycles. The van der Waals surface area contributed by atoms with E-state index in [0.29, 0.717) is 19.5 Å². The molecule has 7 heteroatoms. The average Bonchev–Trinajstić information content (AvgIpc) is 2.48. The highest BCUT2D eigenvalue weighted by atomic mass is 32.2. The van der Waals surface area contributed by atoms with Crippen LogP contribution in [0.5, 0.6) is 0 Å². The second-order valence-corrected chi connectivity index (χ2v) is 7.34. The average molecular weight is 326 g/mol. The number of rotatable bonds is 6. The Labute approximate surface area is 131 Å². The predicted octanol–water partition coefficient (Wildman–Crippen LogP) is -0.938. The van der Waals surface area contributed by atoms with E-state index in [2.05, 4.69) is 5.32 Å². The van der Waals surface area contributed by atoms with Gasteiger partial charge < -0.3 is 10.2 Å². The van der Waals surface area contributed by atoms with Crippen molar-refractivity contribution in [3.05, 3.63) is 29.8 Å². The van der Waals surface area contributed by atoms with Crippen molar-refractivity contribution in [3.8, 4) is 0 Å². The molecule has 0 radical (unpaired) electrons. The Bertz CT molecular complexity index is 593. The van der Waals surface area contributed by atoms with Gasteiger partial charge in [0.15, 0.2) is 6.54 Å². The molecule has 2 rings (SSSR count). The van der Waals surface area contributed by atoms with Gasteiger partial charge in [-0.15, -0.1) is 0 Å². The van der Waals surface area contributed by atoms with Crippen molar-refractivity contribution in [1.82, 2.24) is 5.32 Å². The van der Waals surface area contributed by atoms with E-state index in [9.17, 15) is 13.2 Å². The summed E-state index contributed by atoms with van der Waals surface area (Å²) in [6.45, 7) is 3.27. The first-order valence-corrected chi connectivity index (χ1v) is 9.22. The molecule has 1 heterocycles. The summed E-state index contributed by atoms with van der Waals surface area (Å²) in [6.07, 6.45) is 4.36. The normalized spacial score (nSPS) is 16.4. The van der Waals surface area contributed by atoms with Crippen LogP contribution < -0.4 is 15.4 Å². The Morgan fingerprint density at radius 1 is 1.14 bits per heavy atom. The van der Waals surface area contributed by atoms with Gasteiger partial charge in [0, 0.05) is 6.54 Å². The number of hydrogen-bond acceptors (Lipinski definition) is 3. The number of likely N-dealkylation sites (tertiary alicyclic amines) is 1. The van der Waals surface area contributed by atoms with Crippen LogP contribution >= 0.6 is 0 Å². The van der Waals surface area contributed by atoms with E-state index in [1.54, 1.807) is 12.1 Å². The SMILES string of the molecule is NS(=O)(=O)c1ccc(CCNC(=O)C[NH+]2CCCCC2)cc1. The summed E-state index contributed by atoms with van der Waals surface area (Å²) in [6, 6.07) is 6.43. The van der Waals surface area contributed by atoms with Crippen molar-refractivity contribution in [2.75, 3.05) is 26.2 Å². The lowest BCUT2D eigenvalue weighted by atomic mass is 10.1. The number of carbonyl (C=O) groups excluding carboxylic acids is 1. The molecule has 0 spiro atoms. The maximum Gasteiger partial charge on any atom is 0.275 e. The number of nitrogens with one attached hydrogen (secondary N) is 2. The largest absolute Gasteiger partial charge is 0.351 e. The van der Waals surface area contributed by atoms with Gasteiger partial charge in [0.2, 0.25) is 10.0 Å². The van der Waals surface area contributed by atoms with Crippen molar-refractivity contribution in [2.45, 2.75) is 30.6 Å². The molecule has 0 saturated carbocycles. The molecule has 1 aliphatic rings. The third kappa shape index (κ3) is 5.40. The fourth-order valence-electron chi connectivity index (χ4n) is 2.71. The molecule has 0 aromatic heterocycles. The van der Waals surface area contributed by atoms with Crippen molar-refractivity contribution in [3.63, 3.8) is 0 Å². The van der Waals surface area contributed by atoms with E-state index in [0.717, 1.165) is 18.7 Å². The Balaban J connectivity index is 1.72. The van der Waals surface area contributed by atoms with Crippen LogP contribution in [0, 0.1) is 0 Å². The standard InChI is InChI=1S/C15H23N3O3S/c16-22(20,21)14-6-4-13(5-7-14)8-9-17-15(19)12-18-10-2-1-3-11-18/h4-7H,1-3,8-12H2,(H,17,19)(H2,16,20,21)/p+1. The number of sulfonamides is 1. The molecule has 0 atom stereocenters. The maximum absolute atomic E-state index is 11.9. The number of hydrogen-bond donors (Lipinski definition) is 3. The minimum atomic E-state index is -3.64. The van der Waals surface area contributed by atoms with Gasteiger partial charge in [-0.25, -0.2) is 13.6 Å². The van der Waals surface area contributed by atoms with E-state index in [1.165, 1.54) is 36.3 Å². The number of piperidine rings is 1. The molecule has 1 aliphatic heterocycles. The number of quaternary nitrogens is 1. The monoisotopic (exact) mass is 326 g/mol. The third-order valence-corrected chi connectivity index (χ3v) is 4.89. The van der Waals surface area contributed by atoms with Crippen LogP contribution in [0.3, 0.4) is 0 Å². The summed E-state index contributed by atoms with van der Waals surface area (Å²) >= 11 is 0. The summed E-state index contributed by atoms with van der Waals surface area (Å²) in [5.74, 6) is 0.0815. The fraction of sp³-hybridized carbons (Fsp3) is 0.533. The lowest BCUT2D eigenvalue weighted by Crippen LogP contribution is -3.13. The van der Waals surface area contributed by atoms with E-state index >= 15 is 0 Å². The highest BCUT2D eigenvalue weighted by molar-refractivity contribution is 7.89. The molecular formula is C15H24N3O3S+. The van der Waals surface area contributed by atoms with Gasteiger partial charge in [-0.3, -0.25) is 4.79 Å². The number of benzene rings is 1. The zero-order chi connectivity index (χ0) is 16.0. The Morgan fingerprint density at radius 2 is 1.77 bits per heavy atom. The number of nitrogens with two attached hydrogens (primary N) is 1. The number of primary sulfonamides is 1. The van der Waals surface area contributed by atoms with Crippen LogP contribution in [0.15, 0.2) is 29.2 Å². The van der Waals surface area contributed by atoms with E-state index in [4.69, 9.17) is 5.14 Å². The first kappa shape index (κ1) is 16.9. The minimum Gasteiger partial charge on any atom is -0.351 e. The molecule has 22 heavy (non-hydrogen) atoms. The van der Waals surface area contributed by atoms with Gasteiger partial charge in [-0.2, -0.15) is 0 Å². The molecule has 1 aromatic rings. The van der Waals surface area contributed by atoms with Gasteiger partial charge >= 0.3 is 0 Å². The highest BCUT2D eigenvalue weighted by Gasteiger charge is 2.16. The minimum absolute atomic E-state index is 0.0815. The van der Waals surface area contributed by atoms with Gasteiger partial charge in [0.1, 0.15) is 0 Å². The smallest absolute Gasteiger partial charge is 0.275 e.